The van der Waals surface area contributed by atoms with Crippen LogP contribution in [0.1, 0.15) is 48.0 Å². The van der Waals surface area contributed by atoms with Crippen LogP contribution in [0.2, 0.25) is 5.02 Å². The molecule has 1 fully saturated rings. The van der Waals surface area contributed by atoms with Crippen molar-refractivity contribution in [3.05, 3.63) is 58.7 Å². The van der Waals surface area contributed by atoms with Crippen molar-refractivity contribution in [2.75, 3.05) is 30.0 Å². The standard InChI is InChI=1S/C24H31ClN4O2S/c1-32-15-12-21(28-23(30)19-8-4-5-9-20(19)25)24(31)27-17-18-10-11-22(26-16-18)29-13-6-2-3-7-14-29/h4-5,8-11,16,21H,2-3,6-7,12-15,17H2,1H3,(H,27,31)(H,28,30). The van der Waals surface area contributed by atoms with Crippen LogP contribution < -0.4 is 15.5 Å². The number of carbonyl (C=O) groups is 2. The van der Waals surface area contributed by atoms with Gasteiger partial charge in [0.15, 0.2) is 0 Å². The van der Waals surface area contributed by atoms with Gasteiger partial charge in [-0.25, -0.2) is 4.98 Å². The molecule has 8 heteroatoms. The molecule has 1 saturated heterocycles. The molecular weight excluding hydrogens is 444 g/mol. The Hall–Kier alpha value is -2.25. The molecule has 6 nitrogen and oxygen atoms in total. The van der Waals surface area contributed by atoms with E-state index in [1.54, 1.807) is 36.0 Å². The summed E-state index contributed by atoms with van der Waals surface area (Å²) in [7, 11) is 0. The number of rotatable bonds is 9. The van der Waals surface area contributed by atoms with E-state index in [0.717, 1.165) is 30.2 Å². The summed E-state index contributed by atoms with van der Waals surface area (Å²) in [4.78, 5) is 32.4. The number of hydrogen-bond donors (Lipinski definition) is 2. The first-order valence-electron chi connectivity index (χ1n) is 11.1. The van der Waals surface area contributed by atoms with Gasteiger partial charge >= 0.3 is 0 Å². The number of halogens is 1. The van der Waals surface area contributed by atoms with E-state index in [1.165, 1.54) is 25.7 Å². The summed E-state index contributed by atoms with van der Waals surface area (Å²) in [5.74, 6) is 1.19. The van der Waals surface area contributed by atoms with Gasteiger partial charge < -0.3 is 15.5 Å². The van der Waals surface area contributed by atoms with Gasteiger partial charge in [0.05, 0.1) is 10.6 Å². The number of anilines is 1. The molecule has 1 aromatic carbocycles. The summed E-state index contributed by atoms with van der Waals surface area (Å²) in [6, 6.07) is 10.2. The Morgan fingerprint density at radius 3 is 2.53 bits per heavy atom. The van der Waals surface area contributed by atoms with E-state index in [4.69, 9.17) is 11.6 Å². The number of hydrogen-bond acceptors (Lipinski definition) is 5. The Morgan fingerprint density at radius 2 is 1.88 bits per heavy atom. The zero-order valence-corrected chi connectivity index (χ0v) is 20.1. The van der Waals surface area contributed by atoms with E-state index in [0.29, 0.717) is 23.6 Å². The van der Waals surface area contributed by atoms with Crippen molar-refractivity contribution in [1.82, 2.24) is 15.6 Å². The number of thioether (sulfide) groups is 1. The fourth-order valence-corrected chi connectivity index (χ4v) is 4.40. The third kappa shape index (κ3) is 7.14. The molecule has 2 amide bonds. The maximum atomic E-state index is 12.8. The summed E-state index contributed by atoms with van der Waals surface area (Å²) in [6.45, 7) is 2.46. The quantitative estimate of drug-likeness (QED) is 0.567. The van der Waals surface area contributed by atoms with Gasteiger partial charge in [0, 0.05) is 25.8 Å². The van der Waals surface area contributed by atoms with E-state index in [2.05, 4.69) is 20.5 Å². The topological polar surface area (TPSA) is 74.3 Å². The molecule has 0 radical (unpaired) electrons. The van der Waals surface area contributed by atoms with E-state index < -0.39 is 6.04 Å². The van der Waals surface area contributed by atoms with Crippen LogP contribution in [-0.2, 0) is 11.3 Å². The zero-order valence-electron chi connectivity index (χ0n) is 18.5. The van der Waals surface area contributed by atoms with Crippen molar-refractivity contribution >= 4 is 41.0 Å². The first-order chi connectivity index (χ1) is 15.6. The number of carbonyl (C=O) groups excluding carboxylic acids is 2. The highest BCUT2D eigenvalue weighted by molar-refractivity contribution is 7.98. The molecule has 2 aromatic rings. The molecule has 172 valence electrons. The second-order valence-corrected chi connectivity index (χ2v) is 9.32. The number of benzene rings is 1. The van der Waals surface area contributed by atoms with E-state index in [1.807, 2.05) is 24.6 Å². The Bertz CT molecular complexity index is 886. The fourth-order valence-electron chi connectivity index (χ4n) is 3.71. The van der Waals surface area contributed by atoms with Crippen molar-refractivity contribution in [3.8, 4) is 0 Å². The van der Waals surface area contributed by atoms with Gasteiger partial charge in [-0.15, -0.1) is 0 Å². The maximum absolute atomic E-state index is 12.8. The molecule has 1 aromatic heterocycles. The largest absolute Gasteiger partial charge is 0.357 e. The summed E-state index contributed by atoms with van der Waals surface area (Å²) < 4.78 is 0. The maximum Gasteiger partial charge on any atom is 0.253 e. The van der Waals surface area contributed by atoms with Crippen LogP contribution in [0.3, 0.4) is 0 Å². The third-order valence-corrected chi connectivity index (χ3v) is 6.53. The van der Waals surface area contributed by atoms with Crippen LogP contribution in [0.25, 0.3) is 0 Å². The highest BCUT2D eigenvalue weighted by atomic mass is 35.5. The molecular formula is C24H31ClN4O2S. The highest BCUT2D eigenvalue weighted by Gasteiger charge is 2.22. The van der Waals surface area contributed by atoms with Crippen molar-refractivity contribution in [3.63, 3.8) is 0 Å². The summed E-state index contributed by atoms with van der Waals surface area (Å²) in [5.41, 5.74) is 1.29. The Labute approximate surface area is 199 Å². The number of pyridine rings is 1. The molecule has 1 aliphatic rings. The van der Waals surface area contributed by atoms with E-state index in [9.17, 15) is 9.59 Å². The van der Waals surface area contributed by atoms with Crippen LogP contribution in [-0.4, -0.2) is 47.9 Å². The van der Waals surface area contributed by atoms with Crippen LogP contribution in [0.15, 0.2) is 42.6 Å². The third-order valence-electron chi connectivity index (χ3n) is 5.56. The van der Waals surface area contributed by atoms with Crippen LogP contribution in [0, 0.1) is 0 Å². The van der Waals surface area contributed by atoms with Crippen molar-refractivity contribution < 1.29 is 9.59 Å². The SMILES string of the molecule is CSCCC(NC(=O)c1ccccc1Cl)C(=O)NCc1ccc(N2CCCCCC2)nc1. The Morgan fingerprint density at radius 1 is 1.12 bits per heavy atom. The Balaban J connectivity index is 1.57. The molecule has 32 heavy (non-hydrogen) atoms. The number of nitrogens with one attached hydrogen (secondary N) is 2. The molecule has 3 rings (SSSR count). The van der Waals surface area contributed by atoms with E-state index >= 15 is 0 Å². The second-order valence-electron chi connectivity index (χ2n) is 7.93. The van der Waals surface area contributed by atoms with Crippen LogP contribution >= 0.6 is 23.4 Å². The number of aromatic nitrogens is 1. The lowest BCUT2D eigenvalue weighted by Crippen LogP contribution is -2.47. The van der Waals surface area contributed by atoms with Gasteiger partial charge in [-0.2, -0.15) is 11.8 Å². The predicted molar refractivity (Wildman–Crippen MR) is 132 cm³/mol. The molecule has 1 aliphatic heterocycles. The summed E-state index contributed by atoms with van der Waals surface area (Å²) >= 11 is 7.76. The predicted octanol–water partition coefficient (Wildman–Crippen LogP) is 4.28. The van der Waals surface area contributed by atoms with Gasteiger partial charge in [-0.1, -0.05) is 42.6 Å². The number of nitrogens with zero attached hydrogens (tertiary/aromatic N) is 2. The highest BCUT2D eigenvalue weighted by Crippen LogP contribution is 2.18. The number of amides is 2. The van der Waals surface area contributed by atoms with Crippen LogP contribution in [0.4, 0.5) is 5.82 Å². The summed E-state index contributed by atoms with van der Waals surface area (Å²) in [5, 5.41) is 6.14. The molecule has 1 atom stereocenters. The normalized spacial score (nSPS) is 15.0. The minimum atomic E-state index is -0.629. The van der Waals surface area contributed by atoms with Gasteiger partial charge in [-0.05, 0) is 55.0 Å². The first kappa shape index (κ1) is 24.4. The second kappa shape index (κ2) is 12.7. The van der Waals surface area contributed by atoms with Gasteiger partial charge in [0.2, 0.25) is 5.91 Å². The minimum Gasteiger partial charge on any atom is -0.357 e. The molecule has 0 aliphatic carbocycles. The lowest BCUT2D eigenvalue weighted by Gasteiger charge is -2.21. The van der Waals surface area contributed by atoms with Crippen molar-refractivity contribution in [2.45, 2.75) is 44.7 Å². The zero-order chi connectivity index (χ0) is 22.8. The Kier molecular flexibility index (Phi) is 9.68. The van der Waals surface area contributed by atoms with Crippen LogP contribution in [0.5, 0.6) is 0 Å². The molecule has 0 saturated carbocycles. The lowest BCUT2D eigenvalue weighted by atomic mass is 10.1. The van der Waals surface area contributed by atoms with Crippen molar-refractivity contribution in [1.29, 1.82) is 0 Å². The molecule has 0 spiro atoms. The lowest BCUT2D eigenvalue weighted by molar-refractivity contribution is -0.123. The average molecular weight is 475 g/mol. The van der Waals surface area contributed by atoms with Gasteiger partial charge in [0.1, 0.15) is 11.9 Å². The summed E-state index contributed by atoms with van der Waals surface area (Å²) in [6.07, 6.45) is 9.31. The smallest absolute Gasteiger partial charge is 0.253 e. The first-order valence-corrected chi connectivity index (χ1v) is 12.9. The molecule has 0 bridgehead atoms. The van der Waals surface area contributed by atoms with Gasteiger partial charge in [0.25, 0.3) is 5.91 Å². The molecule has 2 N–H and O–H groups in total. The minimum absolute atomic E-state index is 0.212. The monoisotopic (exact) mass is 474 g/mol. The van der Waals surface area contributed by atoms with E-state index in [-0.39, 0.29) is 11.8 Å². The molecule has 2 heterocycles. The molecule has 1 unspecified atom stereocenters. The van der Waals surface area contributed by atoms with Gasteiger partial charge in [-0.3, -0.25) is 9.59 Å². The van der Waals surface area contributed by atoms with Crippen molar-refractivity contribution in [2.24, 2.45) is 0 Å². The fraction of sp³-hybridized carbons (Fsp3) is 0.458. The average Bonchev–Trinajstić information content (AvgIpc) is 3.10.